The maximum atomic E-state index is 11.2. The minimum Gasteiger partial charge on any atom is -0.382 e. The molecule has 0 bridgehead atoms. The normalized spacial score (nSPS) is 14.9. The number of amides is 1. The van der Waals surface area contributed by atoms with Crippen LogP contribution in [0.1, 0.15) is 23.2 Å². The van der Waals surface area contributed by atoms with Crippen molar-refractivity contribution in [2.24, 2.45) is 0 Å². The molecule has 0 atom stereocenters. The van der Waals surface area contributed by atoms with Gasteiger partial charge in [-0.25, -0.2) is 0 Å². The first-order valence-electron chi connectivity index (χ1n) is 4.88. The monoisotopic (exact) mass is 190 g/mol. The van der Waals surface area contributed by atoms with E-state index in [4.69, 9.17) is 0 Å². The molecule has 0 radical (unpaired) electrons. The Bertz CT molecular complexity index is 328. The number of carbonyl (C=O) groups is 1. The highest BCUT2D eigenvalue weighted by Gasteiger charge is 2.20. The highest BCUT2D eigenvalue weighted by molar-refractivity contribution is 5.94. The summed E-state index contributed by atoms with van der Waals surface area (Å²) in [6.45, 7) is 0. The van der Waals surface area contributed by atoms with Crippen LogP contribution in [0.25, 0.3) is 0 Å². The van der Waals surface area contributed by atoms with Gasteiger partial charge in [0, 0.05) is 24.3 Å². The molecule has 14 heavy (non-hydrogen) atoms. The largest absolute Gasteiger partial charge is 0.382 e. The fourth-order valence-corrected chi connectivity index (χ4v) is 1.33. The van der Waals surface area contributed by atoms with Gasteiger partial charge in [0.05, 0.1) is 0 Å². The van der Waals surface area contributed by atoms with Gasteiger partial charge in [0.15, 0.2) is 0 Å². The average molecular weight is 190 g/mol. The third-order valence-electron chi connectivity index (χ3n) is 2.32. The van der Waals surface area contributed by atoms with Crippen LogP contribution >= 0.6 is 0 Å². The van der Waals surface area contributed by atoms with Crippen molar-refractivity contribution in [1.82, 2.24) is 5.32 Å². The summed E-state index contributed by atoms with van der Waals surface area (Å²) in [4.78, 5) is 11.2. The second-order valence-corrected chi connectivity index (χ2v) is 3.58. The lowest BCUT2D eigenvalue weighted by Crippen LogP contribution is -2.17. The van der Waals surface area contributed by atoms with Gasteiger partial charge in [-0.3, -0.25) is 4.79 Å². The van der Waals surface area contributed by atoms with Crippen LogP contribution in [0, 0.1) is 0 Å². The minimum absolute atomic E-state index is 0.0389. The molecule has 3 nitrogen and oxygen atoms in total. The first-order chi connectivity index (χ1) is 6.79. The number of anilines is 1. The number of benzene rings is 1. The molecule has 2 N–H and O–H groups in total. The van der Waals surface area contributed by atoms with Crippen LogP contribution in [0.3, 0.4) is 0 Å². The zero-order valence-corrected chi connectivity index (χ0v) is 8.21. The summed E-state index contributed by atoms with van der Waals surface area (Å²) in [5.74, 6) is -0.0389. The summed E-state index contributed by atoms with van der Waals surface area (Å²) >= 11 is 0. The summed E-state index contributed by atoms with van der Waals surface area (Å²) in [6.07, 6.45) is 2.52. The lowest BCUT2D eigenvalue weighted by molar-refractivity contribution is 0.0963. The first kappa shape index (κ1) is 9.06. The van der Waals surface area contributed by atoms with Crippen molar-refractivity contribution in [3.63, 3.8) is 0 Å². The van der Waals surface area contributed by atoms with Gasteiger partial charge in [0.1, 0.15) is 0 Å². The Morgan fingerprint density at radius 3 is 2.43 bits per heavy atom. The Labute approximate surface area is 83.5 Å². The van der Waals surface area contributed by atoms with Gasteiger partial charge in [0.2, 0.25) is 0 Å². The fourth-order valence-electron chi connectivity index (χ4n) is 1.33. The van der Waals surface area contributed by atoms with Crippen molar-refractivity contribution >= 4 is 11.6 Å². The second kappa shape index (κ2) is 3.70. The Kier molecular flexibility index (Phi) is 2.39. The molecule has 2 rings (SSSR count). The molecule has 0 heterocycles. The van der Waals surface area contributed by atoms with E-state index in [1.54, 1.807) is 7.05 Å². The summed E-state index contributed by atoms with van der Waals surface area (Å²) in [6, 6.07) is 8.22. The van der Waals surface area contributed by atoms with Crippen molar-refractivity contribution in [1.29, 1.82) is 0 Å². The number of nitrogens with one attached hydrogen (secondary N) is 2. The van der Waals surface area contributed by atoms with Crippen molar-refractivity contribution in [3.05, 3.63) is 29.8 Å². The molecule has 0 aliphatic heterocycles. The zero-order chi connectivity index (χ0) is 9.97. The number of hydrogen-bond donors (Lipinski definition) is 2. The smallest absolute Gasteiger partial charge is 0.251 e. The zero-order valence-electron chi connectivity index (χ0n) is 8.21. The van der Waals surface area contributed by atoms with Gasteiger partial charge in [0.25, 0.3) is 5.91 Å². The van der Waals surface area contributed by atoms with Crippen LogP contribution in [0.4, 0.5) is 5.69 Å². The SMILES string of the molecule is CNC(=O)c1ccc(NC2CC2)cc1. The predicted octanol–water partition coefficient (Wildman–Crippen LogP) is 1.62. The molecule has 3 heteroatoms. The lowest BCUT2D eigenvalue weighted by atomic mass is 10.2. The van der Waals surface area contributed by atoms with Gasteiger partial charge in [-0.05, 0) is 37.1 Å². The predicted molar refractivity (Wildman–Crippen MR) is 56.5 cm³/mol. The van der Waals surface area contributed by atoms with E-state index < -0.39 is 0 Å². The number of carbonyl (C=O) groups excluding carboxylic acids is 1. The van der Waals surface area contributed by atoms with Crippen molar-refractivity contribution in [2.75, 3.05) is 12.4 Å². The van der Waals surface area contributed by atoms with E-state index in [9.17, 15) is 4.79 Å². The van der Waals surface area contributed by atoms with E-state index in [2.05, 4.69) is 10.6 Å². The molecule has 0 saturated heterocycles. The minimum atomic E-state index is -0.0389. The molecule has 1 aliphatic carbocycles. The number of rotatable bonds is 3. The molecule has 0 aromatic heterocycles. The molecule has 0 spiro atoms. The molecule has 1 fully saturated rings. The van der Waals surface area contributed by atoms with Crippen molar-refractivity contribution in [3.8, 4) is 0 Å². The summed E-state index contributed by atoms with van der Waals surface area (Å²) in [7, 11) is 1.64. The first-order valence-corrected chi connectivity index (χ1v) is 4.88. The van der Waals surface area contributed by atoms with Crippen LogP contribution in [0.2, 0.25) is 0 Å². The van der Waals surface area contributed by atoms with E-state index in [0.717, 1.165) is 5.69 Å². The highest BCUT2D eigenvalue weighted by atomic mass is 16.1. The van der Waals surface area contributed by atoms with E-state index in [-0.39, 0.29) is 5.91 Å². The highest BCUT2D eigenvalue weighted by Crippen LogP contribution is 2.24. The summed E-state index contributed by atoms with van der Waals surface area (Å²) in [5.41, 5.74) is 1.80. The standard InChI is InChI=1S/C11H14N2O/c1-12-11(14)8-2-4-9(5-3-8)13-10-6-7-10/h2-5,10,13H,6-7H2,1H3,(H,12,14). The van der Waals surface area contributed by atoms with E-state index in [1.807, 2.05) is 24.3 Å². The molecular weight excluding hydrogens is 176 g/mol. The Morgan fingerprint density at radius 2 is 1.93 bits per heavy atom. The molecular formula is C11H14N2O. The third kappa shape index (κ3) is 2.05. The molecule has 1 aromatic rings. The lowest BCUT2D eigenvalue weighted by Gasteiger charge is -2.05. The Balaban J connectivity index is 2.04. The van der Waals surface area contributed by atoms with Crippen LogP contribution in [-0.4, -0.2) is 19.0 Å². The molecule has 74 valence electrons. The van der Waals surface area contributed by atoms with E-state index in [0.29, 0.717) is 11.6 Å². The maximum Gasteiger partial charge on any atom is 0.251 e. The Morgan fingerprint density at radius 1 is 1.29 bits per heavy atom. The summed E-state index contributed by atoms with van der Waals surface area (Å²) < 4.78 is 0. The molecule has 1 aliphatic rings. The molecule has 0 unspecified atom stereocenters. The van der Waals surface area contributed by atoms with E-state index >= 15 is 0 Å². The van der Waals surface area contributed by atoms with Gasteiger partial charge in [-0.2, -0.15) is 0 Å². The molecule has 1 aromatic carbocycles. The quantitative estimate of drug-likeness (QED) is 0.760. The van der Waals surface area contributed by atoms with Crippen LogP contribution in [-0.2, 0) is 0 Å². The van der Waals surface area contributed by atoms with Gasteiger partial charge < -0.3 is 10.6 Å². The molecule has 1 saturated carbocycles. The average Bonchev–Trinajstić information content (AvgIpc) is 3.02. The molecule has 1 amide bonds. The Hall–Kier alpha value is -1.51. The van der Waals surface area contributed by atoms with Crippen molar-refractivity contribution in [2.45, 2.75) is 18.9 Å². The van der Waals surface area contributed by atoms with Crippen LogP contribution in [0.5, 0.6) is 0 Å². The summed E-state index contributed by atoms with van der Waals surface area (Å²) in [5, 5.41) is 5.96. The third-order valence-corrected chi connectivity index (χ3v) is 2.32. The van der Waals surface area contributed by atoms with Gasteiger partial charge in [-0.1, -0.05) is 0 Å². The van der Waals surface area contributed by atoms with Gasteiger partial charge in [-0.15, -0.1) is 0 Å². The van der Waals surface area contributed by atoms with E-state index in [1.165, 1.54) is 12.8 Å². The topological polar surface area (TPSA) is 41.1 Å². The fraction of sp³-hybridized carbons (Fsp3) is 0.364. The van der Waals surface area contributed by atoms with Crippen molar-refractivity contribution < 1.29 is 4.79 Å². The second-order valence-electron chi connectivity index (χ2n) is 3.58. The maximum absolute atomic E-state index is 11.2. The van der Waals surface area contributed by atoms with Crippen LogP contribution < -0.4 is 10.6 Å². The number of hydrogen-bond acceptors (Lipinski definition) is 2. The van der Waals surface area contributed by atoms with Gasteiger partial charge >= 0.3 is 0 Å². The van der Waals surface area contributed by atoms with Crippen LogP contribution in [0.15, 0.2) is 24.3 Å².